The number of halogens is 2. The molecule has 0 bridgehead atoms. The van der Waals surface area contributed by atoms with Crippen LogP contribution >= 0.6 is 22.9 Å². The summed E-state index contributed by atoms with van der Waals surface area (Å²) in [6.07, 6.45) is -2.69. The minimum Gasteiger partial charge on any atom is -0.397 e. The molecule has 0 aliphatic carbocycles. The van der Waals surface area contributed by atoms with Crippen LogP contribution in [0, 0.1) is 0 Å². The highest BCUT2D eigenvalue weighted by Gasteiger charge is 2.55. The van der Waals surface area contributed by atoms with Crippen LogP contribution in [0.15, 0.2) is 17.6 Å². The standard InChI is InChI=1S/C13H14ClFN2O3S/c14-4-13(5-18)12(19)8(15)10(20-13)6-3-21-11-7(16)1-2-17-9(6)11/h1-3,8,10,12,18-19H,4-5H2,(H2,16,17)/t8-,10-,12-,13+/m0/s1. The quantitative estimate of drug-likeness (QED) is 0.743. The molecule has 114 valence electrons. The first-order chi connectivity index (χ1) is 10.0. The first-order valence-electron chi connectivity index (χ1n) is 6.32. The average molecular weight is 333 g/mol. The molecule has 0 aromatic carbocycles. The van der Waals surface area contributed by atoms with Crippen LogP contribution in [-0.2, 0) is 4.74 Å². The Balaban J connectivity index is 2.06. The lowest BCUT2D eigenvalue weighted by molar-refractivity contribution is -0.0965. The zero-order valence-electron chi connectivity index (χ0n) is 10.9. The second kappa shape index (κ2) is 5.33. The van der Waals surface area contributed by atoms with Gasteiger partial charge < -0.3 is 20.7 Å². The molecule has 0 amide bonds. The van der Waals surface area contributed by atoms with E-state index in [1.54, 1.807) is 11.4 Å². The summed E-state index contributed by atoms with van der Waals surface area (Å²) in [7, 11) is 0. The van der Waals surface area contributed by atoms with E-state index in [1.807, 2.05) is 0 Å². The lowest BCUT2D eigenvalue weighted by atomic mass is 9.96. The lowest BCUT2D eigenvalue weighted by Gasteiger charge is -2.27. The summed E-state index contributed by atoms with van der Waals surface area (Å²) in [6.45, 7) is -0.563. The van der Waals surface area contributed by atoms with Crippen LogP contribution in [0.3, 0.4) is 0 Å². The van der Waals surface area contributed by atoms with Gasteiger partial charge in [0.1, 0.15) is 17.8 Å². The molecule has 4 N–H and O–H groups in total. The smallest absolute Gasteiger partial charge is 0.159 e. The molecule has 1 saturated heterocycles. The van der Waals surface area contributed by atoms with E-state index < -0.39 is 30.6 Å². The van der Waals surface area contributed by atoms with Gasteiger partial charge in [-0.3, -0.25) is 4.98 Å². The number of nitrogen functional groups attached to an aromatic ring is 1. The number of aliphatic hydroxyl groups excluding tert-OH is 2. The Morgan fingerprint density at radius 2 is 2.33 bits per heavy atom. The number of thiophene rings is 1. The number of nitrogens with zero attached hydrogens (tertiary/aromatic N) is 1. The van der Waals surface area contributed by atoms with Gasteiger partial charge in [-0.2, -0.15) is 0 Å². The Kier molecular flexibility index (Phi) is 3.79. The number of alkyl halides is 2. The number of fused-ring (bicyclic) bond motifs is 1. The van der Waals surface area contributed by atoms with Crippen molar-refractivity contribution in [1.29, 1.82) is 0 Å². The maximum atomic E-state index is 14.4. The summed E-state index contributed by atoms with van der Waals surface area (Å²) in [4.78, 5) is 4.21. The van der Waals surface area contributed by atoms with Crippen LogP contribution in [0.1, 0.15) is 11.7 Å². The van der Waals surface area contributed by atoms with Crippen LogP contribution < -0.4 is 5.73 Å². The normalized spacial score (nSPS) is 32.9. The number of nitrogens with two attached hydrogens (primary N) is 1. The molecule has 0 saturated carbocycles. The zero-order chi connectivity index (χ0) is 15.2. The molecule has 2 aromatic rings. The second-order valence-corrected chi connectivity index (χ2v) is 6.20. The van der Waals surface area contributed by atoms with Gasteiger partial charge in [0.25, 0.3) is 0 Å². The lowest BCUT2D eigenvalue weighted by Crippen LogP contribution is -2.47. The first-order valence-corrected chi connectivity index (χ1v) is 7.74. The van der Waals surface area contributed by atoms with Gasteiger partial charge in [0, 0.05) is 11.8 Å². The number of anilines is 1. The number of hydrogen-bond acceptors (Lipinski definition) is 6. The fraction of sp³-hybridized carbons (Fsp3) is 0.462. The van der Waals surface area contributed by atoms with Gasteiger partial charge in [-0.05, 0) is 11.4 Å². The van der Waals surface area contributed by atoms with Gasteiger partial charge in [-0.25, -0.2) is 4.39 Å². The van der Waals surface area contributed by atoms with Gasteiger partial charge >= 0.3 is 0 Å². The third kappa shape index (κ3) is 2.11. The summed E-state index contributed by atoms with van der Waals surface area (Å²) in [5, 5.41) is 21.1. The predicted octanol–water partition coefficient (Wildman–Crippen LogP) is 1.62. The van der Waals surface area contributed by atoms with E-state index in [2.05, 4.69) is 4.98 Å². The Labute approximate surface area is 129 Å². The molecule has 3 heterocycles. The molecule has 4 atom stereocenters. The Morgan fingerprint density at radius 3 is 2.95 bits per heavy atom. The fourth-order valence-electron chi connectivity index (χ4n) is 2.53. The van der Waals surface area contributed by atoms with Gasteiger partial charge in [-0.15, -0.1) is 22.9 Å². The van der Waals surface area contributed by atoms with E-state index >= 15 is 0 Å². The second-order valence-electron chi connectivity index (χ2n) is 5.05. The van der Waals surface area contributed by atoms with Crippen molar-refractivity contribution in [1.82, 2.24) is 4.98 Å². The molecule has 3 rings (SSSR count). The molecule has 0 spiro atoms. The summed E-state index contributed by atoms with van der Waals surface area (Å²) in [5.41, 5.74) is 5.97. The predicted molar refractivity (Wildman–Crippen MR) is 79.3 cm³/mol. The van der Waals surface area contributed by atoms with Crippen LogP contribution in [0.4, 0.5) is 10.1 Å². The van der Waals surface area contributed by atoms with Gasteiger partial charge in [0.05, 0.1) is 28.4 Å². The molecule has 0 unspecified atom stereocenters. The average Bonchev–Trinajstić information content (AvgIpc) is 3.02. The Morgan fingerprint density at radius 1 is 1.57 bits per heavy atom. The maximum absolute atomic E-state index is 14.4. The van der Waals surface area contributed by atoms with Crippen molar-refractivity contribution in [2.45, 2.75) is 24.0 Å². The van der Waals surface area contributed by atoms with Gasteiger partial charge in [0.2, 0.25) is 0 Å². The number of aliphatic hydroxyl groups is 2. The van der Waals surface area contributed by atoms with E-state index in [4.69, 9.17) is 22.1 Å². The third-order valence-corrected chi connectivity index (χ3v) is 5.29. The minimum atomic E-state index is -1.70. The van der Waals surface area contributed by atoms with E-state index in [-0.39, 0.29) is 5.88 Å². The molecule has 1 fully saturated rings. The molecule has 2 aromatic heterocycles. The van der Waals surface area contributed by atoms with Crippen LogP contribution in [0.5, 0.6) is 0 Å². The minimum absolute atomic E-state index is 0.209. The molecular formula is C13H14ClFN2O3S. The number of hydrogen-bond donors (Lipinski definition) is 3. The highest BCUT2D eigenvalue weighted by molar-refractivity contribution is 7.18. The zero-order valence-corrected chi connectivity index (χ0v) is 12.4. The van der Waals surface area contributed by atoms with E-state index in [1.165, 1.54) is 17.5 Å². The van der Waals surface area contributed by atoms with E-state index in [0.29, 0.717) is 16.8 Å². The summed E-state index contributed by atoms with van der Waals surface area (Å²) < 4.78 is 20.8. The first kappa shape index (κ1) is 14.9. The third-order valence-electron chi connectivity index (χ3n) is 3.80. The largest absolute Gasteiger partial charge is 0.397 e. The SMILES string of the molecule is Nc1ccnc2c([C@@H]3O[C@@](CO)(CCl)[C@@H](O)[C@H]3F)csc12. The van der Waals surface area contributed by atoms with Gasteiger partial charge in [-0.1, -0.05) is 0 Å². The van der Waals surface area contributed by atoms with Crippen molar-refractivity contribution >= 4 is 38.8 Å². The number of ether oxygens (including phenoxy) is 1. The number of rotatable bonds is 3. The molecular weight excluding hydrogens is 319 g/mol. The molecule has 0 radical (unpaired) electrons. The Hall–Kier alpha value is -0.990. The molecule has 21 heavy (non-hydrogen) atoms. The fourth-order valence-corrected chi connectivity index (χ4v) is 3.82. The van der Waals surface area contributed by atoms with Gasteiger partial charge in [0.15, 0.2) is 6.17 Å². The van der Waals surface area contributed by atoms with E-state index in [0.717, 1.165) is 4.70 Å². The van der Waals surface area contributed by atoms with Crippen molar-refractivity contribution < 1.29 is 19.3 Å². The molecule has 1 aliphatic heterocycles. The van der Waals surface area contributed by atoms with Crippen molar-refractivity contribution in [3.63, 3.8) is 0 Å². The molecule has 5 nitrogen and oxygen atoms in total. The topological polar surface area (TPSA) is 88.6 Å². The van der Waals surface area contributed by atoms with Crippen molar-refractivity contribution in [2.75, 3.05) is 18.2 Å². The van der Waals surface area contributed by atoms with Crippen molar-refractivity contribution in [3.05, 3.63) is 23.2 Å². The maximum Gasteiger partial charge on any atom is 0.159 e. The number of aromatic nitrogens is 1. The van der Waals surface area contributed by atoms with Crippen molar-refractivity contribution in [2.24, 2.45) is 0 Å². The monoisotopic (exact) mass is 332 g/mol. The summed E-state index contributed by atoms with van der Waals surface area (Å²) >= 11 is 7.09. The summed E-state index contributed by atoms with van der Waals surface area (Å²) in [6, 6.07) is 1.66. The summed E-state index contributed by atoms with van der Waals surface area (Å²) in [5.74, 6) is -0.209. The van der Waals surface area contributed by atoms with Crippen LogP contribution in [-0.4, -0.2) is 45.6 Å². The molecule has 8 heteroatoms. The molecule has 1 aliphatic rings. The van der Waals surface area contributed by atoms with Crippen LogP contribution in [0.2, 0.25) is 0 Å². The van der Waals surface area contributed by atoms with Crippen LogP contribution in [0.25, 0.3) is 10.2 Å². The Bertz CT molecular complexity index is 664. The highest BCUT2D eigenvalue weighted by atomic mass is 35.5. The highest BCUT2D eigenvalue weighted by Crippen LogP contribution is 2.45. The van der Waals surface area contributed by atoms with Crippen molar-refractivity contribution in [3.8, 4) is 0 Å². The number of pyridine rings is 1. The van der Waals surface area contributed by atoms with E-state index in [9.17, 15) is 14.6 Å².